The van der Waals surface area contributed by atoms with Crippen LogP contribution >= 0.6 is 11.3 Å². The number of nitrogens with zero attached hydrogens (tertiary/aromatic N) is 4. The maximum atomic E-state index is 11.7. The number of aromatic nitrogens is 4. The summed E-state index contributed by atoms with van der Waals surface area (Å²) in [5.74, 6) is 2.03. The van der Waals surface area contributed by atoms with Gasteiger partial charge in [0.15, 0.2) is 5.82 Å². The number of rotatable bonds is 6. The zero-order valence-corrected chi connectivity index (χ0v) is 13.9. The first-order chi connectivity index (χ1) is 11.7. The third-order valence-corrected chi connectivity index (χ3v) is 3.82. The standard InChI is InChI=1S/C15H17N7OS/c1-11-19-12(10-13(20-11)22-8-3-5-18-22)16-6-7-17-15(23)21-14-4-2-9-24-14/h2-5,8-10H,6-7H2,1H3,(H,16,19,20)(H2,17,21,23). The highest BCUT2D eigenvalue weighted by molar-refractivity contribution is 7.14. The predicted octanol–water partition coefficient (Wildman–Crippen LogP) is 2.27. The lowest BCUT2D eigenvalue weighted by Crippen LogP contribution is -2.32. The molecule has 0 atom stereocenters. The van der Waals surface area contributed by atoms with E-state index in [1.165, 1.54) is 11.3 Å². The average molecular weight is 343 g/mol. The van der Waals surface area contributed by atoms with Gasteiger partial charge in [-0.3, -0.25) is 5.32 Å². The van der Waals surface area contributed by atoms with Crippen LogP contribution in [-0.4, -0.2) is 38.9 Å². The maximum absolute atomic E-state index is 11.7. The van der Waals surface area contributed by atoms with Crippen LogP contribution in [0.15, 0.2) is 42.0 Å². The van der Waals surface area contributed by atoms with Crippen molar-refractivity contribution in [1.29, 1.82) is 0 Å². The van der Waals surface area contributed by atoms with Crippen molar-refractivity contribution in [2.24, 2.45) is 0 Å². The molecular formula is C15H17N7OS. The Labute approximate surface area is 143 Å². The van der Waals surface area contributed by atoms with Crippen molar-refractivity contribution in [2.75, 3.05) is 23.7 Å². The van der Waals surface area contributed by atoms with E-state index >= 15 is 0 Å². The molecule has 0 fully saturated rings. The summed E-state index contributed by atoms with van der Waals surface area (Å²) in [5, 5.41) is 15.6. The van der Waals surface area contributed by atoms with Crippen LogP contribution in [0, 0.1) is 6.92 Å². The molecule has 2 amide bonds. The Hall–Kier alpha value is -2.94. The third kappa shape index (κ3) is 4.29. The fraction of sp³-hybridized carbons (Fsp3) is 0.200. The van der Waals surface area contributed by atoms with Gasteiger partial charge in [0.2, 0.25) is 0 Å². The number of nitrogens with one attached hydrogen (secondary N) is 3. The molecule has 24 heavy (non-hydrogen) atoms. The number of anilines is 2. The Bertz CT molecular complexity index is 786. The van der Waals surface area contributed by atoms with E-state index in [9.17, 15) is 4.79 Å². The van der Waals surface area contributed by atoms with Gasteiger partial charge in [0.05, 0.1) is 5.00 Å². The SMILES string of the molecule is Cc1nc(NCCNC(=O)Nc2cccs2)cc(-n2cccn2)n1. The van der Waals surface area contributed by atoms with Crippen LogP contribution in [0.3, 0.4) is 0 Å². The van der Waals surface area contributed by atoms with Gasteiger partial charge in [-0.1, -0.05) is 0 Å². The fourth-order valence-corrected chi connectivity index (χ4v) is 2.65. The molecule has 0 bridgehead atoms. The molecule has 0 radical (unpaired) electrons. The molecule has 0 saturated heterocycles. The van der Waals surface area contributed by atoms with Crippen molar-refractivity contribution in [3.05, 3.63) is 47.9 Å². The van der Waals surface area contributed by atoms with Gasteiger partial charge in [0, 0.05) is 31.5 Å². The van der Waals surface area contributed by atoms with Gasteiger partial charge in [-0.25, -0.2) is 19.4 Å². The number of carbonyl (C=O) groups is 1. The Kier molecular flexibility index (Phi) is 5.02. The van der Waals surface area contributed by atoms with Crippen LogP contribution in [0.5, 0.6) is 0 Å². The van der Waals surface area contributed by atoms with E-state index in [4.69, 9.17) is 0 Å². The molecule has 0 spiro atoms. The molecule has 3 N–H and O–H groups in total. The number of carbonyl (C=O) groups excluding carboxylic acids is 1. The molecule has 124 valence electrons. The van der Waals surface area contributed by atoms with Gasteiger partial charge in [-0.15, -0.1) is 11.3 Å². The first kappa shape index (κ1) is 15.9. The van der Waals surface area contributed by atoms with Crippen LogP contribution < -0.4 is 16.0 Å². The highest BCUT2D eigenvalue weighted by atomic mass is 32.1. The molecule has 0 saturated carbocycles. The molecule has 0 aliphatic rings. The summed E-state index contributed by atoms with van der Waals surface area (Å²) in [6, 6.07) is 7.15. The summed E-state index contributed by atoms with van der Waals surface area (Å²) in [5.41, 5.74) is 0. The number of thiophene rings is 1. The van der Waals surface area contributed by atoms with E-state index in [0.29, 0.717) is 30.5 Å². The van der Waals surface area contributed by atoms with Crippen LogP contribution in [0.1, 0.15) is 5.82 Å². The van der Waals surface area contributed by atoms with E-state index in [1.54, 1.807) is 10.9 Å². The summed E-state index contributed by atoms with van der Waals surface area (Å²) in [6.45, 7) is 2.84. The van der Waals surface area contributed by atoms with Crippen LogP contribution in [0.2, 0.25) is 0 Å². The summed E-state index contributed by atoms with van der Waals surface area (Å²) in [4.78, 5) is 20.4. The van der Waals surface area contributed by atoms with Gasteiger partial charge in [0.1, 0.15) is 11.6 Å². The first-order valence-corrected chi connectivity index (χ1v) is 8.26. The van der Waals surface area contributed by atoms with Crippen molar-refractivity contribution in [3.8, 4) is 5.82 Å². The summed E-state index contributed by atoms with van der Waals surface area (Å²) < 4.78 is 1.67. The lowest BCUT2D eigenvalue weighted by atomic mass is 10.4. The minimum Gasteiger partial charge on any atom is -0.368 e. The Morgan fingerprint density at radius 1 is 1.29 bits per heavy atom. The molecule has 0 aliphatic heterocycles. The molecular weight excluding hydrogens is 326 g/mol. The molecule has 3 heterocycles. The molecule has 8 nitrogen and oxygen atoms in total. The number of aryl methyl sites for hydroxylation is 1. The highest BCUT2D eigenvalue weighted by Gasteiger charge is 2.05. The molecule has 9 heteroatoms. The summed E-state index contributed by atoms with van der Waals surface area (Å²) in [7, 11) is 0. The molecule has 0 unspecified atom stereocenters. The zero-order chi connectivity index (χ0) is 16.8. The summed E-state index contributed by atoms with van der Waals surface area (Å²) >= 11 is 1.48. The number of amides is 2. The number of hydrogen-bond donors (Lipinski definition) is 3. The summed E-state index contributed by atoms with van der Waals surface area (Å²) in [6.07, 6.45) is 3.52. The van der Waals surface area contributed by atoms with E-state index in [2.05, 4.69) is 31.0 Å². The first-order valence-electron chi connectivity index (χ1n) is 7.38. The van der Waals surface area contributed by atoms with Crippen LogP contribution in [0.25, 0.3) is 5.82 Å². The normalized spacial score (nSPS) is 10.4. The molecule has 3 rings (SSSR count). The average Bonchev–Trinajstić information content (AvgIpc) is 3.24. The van der Waals surface area contributed by atoms with Gasteiger partial charge >= 0.3 is 6.03 Å². The second-order valence-corrected chi connectivity index (χ2v) is 5.84. The molecule has 0 aliphatic carbocycles. The Balaban J connectivity index is 1.49. The lowest BCUT2D eigenvalue weighted by Gasteiger charge is -2.09. The van der Waals surface area contributed by atoms with Crippen molar-refractivity contribution in [1.82, 2.24) is 25.1 Å². The third-order valence-electron chi connectivity index (χ3n) is 3.04. The minimum absolute atomic E-state index is 0.227. The molecule has 3 aromatic rings. The highest BCUT2D eigenvalue weighted by Crippen LogP contribution is 2.14. The smallest absolute Gasteiger partial charge is 0.319 e. The van der Waals surface area contributed by atoms with Crippen molar-refractivity contribution in [2.45, 2.75) is 6.92 Å². The minimum atomic E-state index is -0.227. The predicted molar refractivity (Wildman–Crippen MR) is 93.7 cm³/mol. The number of urea groups is 1. The van der Waals surface area contributed by atoms with Gasteiger partial charge in [-0.05, 0) is 30.5 Å². The fourth-order valence-electron chi connectivity index (χ4n) is 2.04. The van der Waals surface area contributed by atoms with Gasteiger partial charge in [-0.2, -0.15) is 5.10 Å². The van der Waals surface area contributed by atoms with E-state index in [-0.39, 0.29) is 6.03 Å². The van der Waals surface area contributed by atoms with Gasteiger partial charge in [0.25, 0.3) is 0 Å². The second kappa shape index (κ2) is 7.55. The van der Waals surface area contributed by atoms with E-state index < -0.39 is 0 Å². The Morgan fingerprint density at radius 3 is 2.96 bits per heavy atom. The van der Waals surface area contributed by atoms with E-state index in [0.717, 1.165) is 5.00 Å². The van der Waals surface area contributed by atoms with Crippen molar-refractivity contribution < 1.29 is 4.79 Å². The van der Waals surface area contributed by atoms with Crippen LogP contribution in [0.4, 0.5) is 15.6 Å². The van der Waals surface area contributed by atoms with Crippen molar-refractivity contribution in [3.63, 3.8) is 0 Å². The van der Waals surface area contributed by atoms with Gasteiger partial charge < -0.3 is 10.6 Å². The van der Waals surface area contributed by atoms with Crippen molar-refractivity contribution >= 4 is 28.2 Å². The molecule has 0 aromatic carbocycles. The van der Waals surface area contributed by atoms with E-state index in [1.807, 2.05) is 42.8 Å². The monoisotopic (exact) mass is 343 g/mol. The van der Waals surface area contributed by atoms with Crippen LogP contribution in [-0.2, 0) is 0 Å². The quantitative estimate of drug-likeness (QED) is 0.597. The second-order valence-electron chi connectivity index (χ2n) is 4.89. The Morgan fingerprint density at radius 2 is 2.21 bits per heavy atom. The maximum Gasteiger partial charge on any atom is 0.319 e. The lowest BCUT2D eigenvalue weighted by molar-refractivity contribution is 0.252. The molecule has 3 aromatic heterocycles. The largest absolute Gasteiger partial charge is 0.368 e. The number of hydrogen-bond acceptors (Lipinski definition) is 6. The zero-order valence-electron chi connectivity index (χ0n) is 13.1. The topological polar surface area (TPSA) is 96.8 Å².